The molecule has 0 saturated carbocycles. The summed E-state index contributed by atoms with van der Waals surface area (Å²) in [5.74, 6) is -0.345. The molecule has 0 unspecified atom stereocenters. The highest BCUT2D eigenvalue weighted by molar-refractivity contribution is 6.30. The van der Waals surface area contributed by atoms with E-state index < -0.39 is 12.2 Å². The van der Waals surface area contributed by atoms with Gasteiger partial charge in [0.15, 0.2) is 0 Å². The van der Waals surface area contributed by atoms with Crippen LogP contribution >= 0.6 is 23.2 Å². The summed E-state index contributed by atoms with van der Waals surface area (Å²) in [4.78, 5) is 32.3. The minimum Gasteiger partial charge on any atom is -0.358 e. The van der Waals surface area contributed by atoms with Gasteiger partial charge >= 0.3 is 6.15 Å². The van der Waals surface area contributed by atoms with Crippen LogP contribution in [0, 0.1) is 5.82 Å². The van der Waals surface area contributed by atoms with Crippen molar-refractivity contribution in [2.45, 2.75) is 63.8 Å². The monoisotopic (exact) mass is 557 g/mol. The summed E-state index contributed by atoms with van der Waals surface area (Å²) in [7, 11) is 0. The molecule has 1 heterocycles. The van der Waals surface area contributed by atoms with Crippen molar-refractivity contribution in [1.29, 1.82) is 0 Å². The lowest BCUT2D eigenvalue weighted by atomic mass is 9.88. The molecule has 3 aromatic rings. The Kier molecular flexibility index (Phi) is 11.1. The first-order chi connectivity index (χ1) is 18.3. The highest BCUT2D eigenvalue weighted by atomic mass is 35.5. The number of amides is 1. The van der Waals surface area contributed by atoms with Crippen molar-refractivity contribution in [3.05, 3.63) is 105 Å². The first-order valence-corrected chi connectivity index (χ1v) is 13.3. The predicted molar refractivity (Wildman–Crippen MR) is 144 cm³/mol. The Morgan fingerprint density at radius 1 is 0.895 bits per heavy atom. The van der Waals surface area contributed by atoms with Crippen molar-refractivity contribution >= 4 is 35.3 Å². The number of carbonyl (C=O) groups is 1. The zero-order valence-corrected chi connectivity index (χ0v) is 22.8. The molecule has 0 N–H and O–H groups in total. The normalized spacial score (nSPS) is 19.8. The smallest absolute Gasteiger partial charge is 0.358 e. The van der Waals surface area contributed by atoms with E-state index in [1.165, 1.54) is 12.1 Å². The van der Waals surface area contributed by atoms with Crippen molar-refractivity contribution in [2.75, 3.05) is 0 Å². The van der Waals surface area contributed by atoms with E-state index in [4.69, 9.17) is 37.5 Å². The average molecular weight is 558 g/mol. The largest absolute Gasteiger partial charge is 0.373 e. The number of morpholine rings is 1. The summed E-state index contributed by atoms with van der Waals surface area (Å²) in [6.07, 6.45) is 2.22. The summed E-state index contributed by atoms with van der Waals surface area (Å²) in [6, 6.07) is 21.2. The molecule has 0 aromatic heterocycles. The van der Waals surface area contributed by atoms with Crippen molar-refractivity contribution in [3.8, 4) is 0 Å². The van der Waals surface area contributed by atoms with Gasteiger partial charge in [0.25, 0.3) is 5.91 Å². The van der Waals surface area contributed by atoms with Gasteiger partial charge in [-0.2, -0.15) is 9.59 Å². The average Bonchev–Trinajstić information content (AvgIpc) is 2.91. The number of carbonyl (C=O) groups excluding carboxylic acids is 3. The molecule has 5 nitrogen and oxygen atoms in total. The maximum absolute atomic E-state index is 14.0. The Balaban J connectivity index is 0.00000127. The van der Waals surface area contributed by atoms with Gasteiger partial charge in [-0.1, -0.05) is 79.9 Å². The van der Waals surface area contributed by atoms with E-state index in [0.717, 1.165) is 36.0 Å². The molecule has 1 aliphatic rings. The molecule has 0 aliphatic carbocycles. The van der Waals surface area contributed by atoms with Crippen LogP contribution in [-0.2, 0) is 25.5 Å². The van der Waals surface area contributed by atoms with E-state index in [2.05, 4.69) is 13.8 Å². The minimum absolute atomic E-state index is 0.0419. The van der Waals surface area contributed by atoms with Crippen molar-refractivity contribution in [1.82, 2.24) is 4.90 Å². The number of ether oxygens (including phenoxy) is 1. The predicted octanol–water partition coefficient (Wildman–Crippen LogP) is 7.38. The van der Waals surface area contributed by atoms with Crippen molar-refractivity contribution < 1.29 is 23.5 Å². The first kappa shape index (κ1) is 29.5. The van der Waals surface area contributed by atoms with E-state index in [-0.39, 0.29) is 30.0 Å². The Labute approximate surface area is 232 Å². The lowest BCUT2D eigenvalue weighted by Crippen LogP contribution is -2.55. The third kappa shape index (κ3) is 7.30. The number of halogens is 3. The highest BCUT2D eigenvalue weighted by Gasteiger charge is 2.46. The molecule has 4 atom stereocenters. The maximum Gasteiger partial charge on any atom is 0.373 e. The summed E-state index contributed by atoms with van der Waals surface area (Å²) in [5, 5.41) is 1.28. The van der Waals surface area contributed by atoms with Gasteiger partial charge in [-0.15, -0.1) is 0 Å². The Hall–Kier alpha value is -3.02. The van der Waals surface area contributed by atoms with Crippen LogP contribution in [0.15, 0.2) is 72.8 Å². The summed E-state index contributed by atoms with van der Waals surface area (Å²) >= 11 is 12.4. The molecule has 4 rings (SSSR count). The molecule has 1 saturated heterocycles. The van der Waals surface area contributed by atoms with E-state index in [1.807, 2.05) is 53.4 Å². The van der Waals surface area contributed by atoms with Gasteiger partial charge < -0.3 is 9.64 Å². The second-order valence-corrected chi connectivity index (χ2v) is 9.98. The van der Waals surface area contributed by atoms with E-state index >= 15 is 0 Å². The summed E-state index contributed by atoms with van der Waals surface area (Å²) in [5.41, 5.74) is 2.77. The summed E-state index contributed by atoms with van der Waals surface area (Å²) < 4.78 is 20.1. The molecule has 8 heteroatoms. The lowest BCUT2D eigenvalue weighted by molar-refractivity contribution is -0.191. The lowest BCUT2D eigenvalue weighted by Gasteiger charge is -2.48. The number of hydrogen-bond acceptors (Lipinski definition) is 4. The number of benzene rings is 3. The molecular formula is C30H30Cl2FNO4. The van der Waals surface area contributed by atoms with Gasteiger partial charge in [-0.05, 0) is 65.9 Å². The molecular weight excluding hydrogens is 528 g/mol. The minimum atomic E-state index is -0.685. The van der Waals surface area contributed by atoms with Crippen LogP contribution < -0.4 is 0 Å². The van der Waals surface area contributed by atoms with Gasteiger partial charge in [-0.3, -0.25) is 4.79 Å². The first-order valence-electron chi connectivity index (χ1n) is 12.5. The van der Waals surface area contributed by atoms with E-state index in [1.54, 1.807) is 12.1 Å². The van der Waals surface area contributed by atoms with Crippen LogP contribution in [0.5, 0.6) is 0 Å². The molecule has 1 fully saturated rings. The summed E-state index contributed by atoms with van der Waals surface area (Å²) in [6.45, 7) is 4.26. The third-order valence-electron chi connectivity index (χ3n) is 6.66. The van der Waals surface area contributed by atoms with Crippen LogP contribution in [0.25, 0.3) is 0 Å². The zero-order chi connectivity index (χ0) is 27.7. The zero-order valence-electron chi connectivity index (χ0n) is 21.3. The van der Waals surface area contributed by atoms with E-state index in [0.29, 0.717) is 16.5 Å². The molecule has 0 radical (unpaired) electrons. The second kappa shape index (κ2) is 14.2. The second-order valence-electron chi connectivity index (χ2n) is 9.10. The fourth-order valence-corrected chi connectivity index (χ4v) is 5.17. The highest BCUT2D eigenvalue weighted by Crippen LogP contribution is 2.45. The van der Waals surface area contributed by atoms with Crippen molar-refractivity contribution in [3.63, 3.8) is 0 Å². The quantitative estimate of drug-likeness (QED) is 0.290. The molecule has 0 bridgehead atoms. The van der Waals surface area contributed by atoms with Gasteiger partial charge in [0.1, 0.15) is 18.0 Å². The van der Waals surface area contributed by atoms with Crippen molar-refractivity contribution in [2.24, 2.45) is 0 Å². The fourth-order valence-electron chi connectivity index (χ4n) is 4.92. The SMILES string of the molecule is CCC[C@H](CC)N1C(=O)[C@H](Cc2ccc(F)cc2)O[C@@H](c2ccc(Cl)cc2)[C@H]1c1ccc(Cl)cc1.O=C=O. The number of rotatable bonds is 8. The Morgan fingerprint density at radius 2 is 1.42 bits per heavy atom. The molecule has 38 heavy (non-hydrogen) atoms. The van der Waals surface area contributed by atoms with Gasteiger partial charge in [0, 0.05) is 22.5 Å². The Bertz CT molecular complexity index is 1210. The van der Waals surface area contributed by atoms with Crippen LogP contribution in [-0.4, -0.2) is 29.1 Å². The number of nitrogens with zero attached hydrogens (tertiary/aromatic N) is 1. The van der Waals surface area contributed by atoms with Crippen LogP contribution in [0.2, 0.25) is 10.0 Å². The maximum atomic E-state index is 14.0. The Morgan fingerprint density at radius 3 is 1.92 bits per heavy atom. The van der Waals surface area contributed by atoms with Gasteiger partial charge in [0.2, 0.25) is 0 Å². The van der Waals surface area contributed by atoms with Gasteiger partial charge in [-0.25, -0.2) is 4.39 Å². The van der Waals surface area contributed by atoms with Crippen LogP contribution in [0.4, 0.5) is 4.39 Å². The molecule has 1 amide bonds. The van der Waals surface area contributed by atoms with E-state index in [9.17, 15) is 9.18 Å². The number of hydrogen-bond donors (Lipinski definition) is 0. The molecule has 1 aliphatic heterocycles. The van der Waals surface area contributed by atoms with Gasteiger partial charge in [0.05, 0.1) is 6.04 Å². The molecule has 0 spiro atoms. The standard InChI is InChI=1S/C29H30Cl2FNO2.CO2/c1-3-5-25(4-2)33-27(20-8-12-22(30)13-9-20)28(21-10-14-23(31)15-11-21)35-26(29(33)34)18-19-6-16-24(32)17-7-19;2-1-3/h6-17,25-28H,3-5,18H2,1-2H3;/t25-,26-,27+,28-;/m0./s1. The molecule has 200 valence electrons. The third-order valence-corrected chi connectivity index (χ3v) is 7.16. The fraction of sp³-hybridized carbons (Fsp3) is 0.333. The molecule has 3 aromatic carbocycles. The topological polar surface area (TPSA) is 63.7 Å². The van der Waals surface area contributed by atoms with Crippen LogP contribution in [0.1, 0.15) is 61.9 Å². The van der Waals surface area contributed by atoms with Crippen LogP contribution in [0.3, 0.4) is 0 Å².